The van der Waals surface area contributed by atoms with Crippen LogP contribution in [0.25, 0.3) is 10.9 Å². The second-order valence-corrected chi connectivity index (χ2v) is 8.07. The van der Waals surface area contributed by atoms with Gasteiger partial charge in [0, 0.05) is 21.2 Å². The maximum Gasteiger partial charge on any atom is 0.328 e. The van der Waals surface area contributed by atoms with Crippen molar-refractivity contribution in [3.63, 3.8) is 0 Å². The first-order valence-corrected chi connectivity index (χ1v) is 10.6. The Labute approximate surface area is 192 Å². The summed E-state index contributed by atoms with van der Waals surface area (Å²) in [5.41, 5.74) is 5.36. The van der Waals surface area contributed by atoms with Crippen molar-refractivity contribution in [2.24, 2.45) is 0 Å². The molecule has 0 atom stereocenters. The Morgan fingerprint density at radius 2 is 1.53 bits per heavy atom. The molecule has 0 unspecified atom stereocenters. The standard InChI is InChI=1S/C24H19BrN4O3/c1-15-6-5-9-19(12-15)27-23(31)24(32)28-29-20-11-10-17(25)13-16(20)14-21(29)22(30)26-18-7-3-2-4-8-18/h2-14H,1H3,(H,26,30)(H,27,31)(H,28,32). The molecule has 0 saturated carbocycles. The first-order chi connectivity index (χ1) is 15.4. The molecule has 0 bridgehead atoms. The van der Waals surface area contributed by atoms with Gasteiger partial charge in [0.05, 0.1) is 5.52 Å². The van der Waals surface area contributed by atoms with Gasteiger partial charge in [-0.2, -0.15) is 0 Å². The molecule has 0 aliphatic carbocycles. The van der Waals surface area contributed by atoms with Gasteiger partial charge in [0.1, 0.15) is 5.69 Å². The van der Waals surface area contributed by atoms with Gasteiger partial charge in [-0.3, -0.25) is 19.8 Å². The highest BCUT2D eigenvalue weighted by atomic mass is 79.9. The monoisotopic (exact) mass is 490 g/mol. The number of hydrogen-bond donors (Lipinski definition) is 3. The molecular formula is C24H19BrN4O3. The first-order valence-electron chi connectivity index (χ1n) is 9.77. The van der Waals surface area contributed by atoms with Crippen LogP contribution < -0.4 is 16.1 Å². The molecule has 7 nitrogen and oxygen atoms in total. The Balaban J connectivity index is 1.63. The van der Waals surface area contributed by atoms with Gasteiger partial charge in [-0.05, 0) is 61.0 Å². The van der Waals surface area contributed by atoms with Gasteiger partial charge in [-0.15, -0.1) is 0 Å². The maximum absolute atomic E-state index is 13.0. The van der Waals surface area contributed by atoms with E-state index in [-0.39, 0.29) is 5.69 Å². The third-order valence-electron chi connectivity index (χ3n) is 4.72. The van der Waals surface area contributed by atoms with Crippen LogP contribution in [0.4, 0.5) is 11.4 Å². The van der Waals surface area contributed by atoms with E-state index in [1.807, 2.05) is 25.1 Å². The summed E-state index contributed by atoms with van der Waals surface area (Å²) in [7, 11) is 0. The molecule has 0 fully saturated rings. The Hall–Kier alpha value is -3.91. The van der Waals surface area contributed by atoms with Crippen LogP contribution in [0.3, 0.4) is 0 Å². The highest BCUT2D eigenvalue weighted by Crippen LogP contribution is 2.24. The normalized spacial score (nSPS) is 10.6. The zero-order valence-corrected chi connectivity index (χ0v) is 18.6. The molecule has 0 saturated heterocycles. The molecule has 4 rings (SSSR count). The highest BCUT2D eigenvalue weighted by Gasteiger charge is 2.21. The van der Waals surface area contributed by atoms with E-state index in [1.54, 1.807) is 60.7 Å². The Morgan fingerprint density at radius 3 is 2.28 bits per heavy atom. The van der Waals surface area contributed by atoms with Gasteiger partial charge < -0.3 is 10.6 Å². The Morgan fingerprint density at radius 1 is 0.781 bits per heavy atom. The lowest BCUT2D eigenvalue weighted by Crippen LogP contribution is -2.36. The molecule has 8 heteroatoms. The van der Waals surface area contributed by atoms with Crippen molar-refractivity contribution < 1.29 is 14.4 Å². The number of amides is 3. The van der Waals surface area contributed by atoms with Gasteiger partial charge in [0.15, 0.2) is 0 Å². The Bertz CT molecular complexity index is 1330. The number of halogens is 1. The van der Waals surface area contributed by atoms with Crippen LogP contribution >= 0.6 is 15.9 Å². The van der Waals surface area contributed by atoms with Crippen molar-refractivity contribution in [3.05, 3.63) is 94.6 Å². The zero-order chi connectivity index (χ0) is 22.7. The molecule has 160 valence electrons. The van der Waals surface area contributed by atoms with Crippen LogP contribution in [0, 0.1) is 6.92 Å². The maximum atomic E-state index is 13.0. The number of fused-ring (bicyclic) bond motifs is 1. The summed E-state index contributed by atoms with van der Waals surface area (Å²) < 4.78 is 2.14. The van der Waals surface area contributed by atoms with Crippen molar-refractivity contribution >= 4 is 55.9 Å². The molecule has 0 aliphatic heterocycles. The SMILES string of the molecule is Cc1cccc(NC(=O)C(=O)Nn2c(C(=O)Nc3ccccc3)cc3cc(Br)ccc32)c1. The van der Waals surface area contributed by atoms with Crippen LogP contribution in [0.15, 0.2) is 83.3 Å². The summed E-state index contributed by atoms with van der Waals surface area (Å²) in [6.07, 6.45) is 0. The number of anilines is 2. The minimum Gasteiger partial charge on any atom is -0.321 e. The number of carbonyl (C=O) groups is 3. The number of para-hydroxylation sites is 1. The fourth-order valence-electron chi connectivity index (χ4n) is 3.25. The predicted molar refractivity (Wildman–Crippen MR) is 128 cm³/mol. The van der Waals surface area contributed by atoms with Crippen LogP contribution in [-0.2, 0) is 9.59 Å². The van der Waals surface area contributed by atoms with Crippen molar-refractivity contribution in [2.45, 2.75) is 6.92 Å². The van der Waals surface area contributed by atoms with Crippen molar-refractivity contribution in [1.29, 1.82) is 0 Å². The summed E-state index contributed by atoms with van der Waals surface area (Å²) in [6, 6.07) is 23.1. The predicted octanol–water partition coefficient (Wildman–Crippen LogP) is 4.67. The summed E-state index contributed by atoms with van der Waals surface area (Å²) in [5, 5.41) is 6.09. The quantitative estimate of drug-likeness (QED) is 0.362. The van der Waals surface area contributed by atoms with E-state index < -0.39 is 17.7 Å². The molecule has 0 spiro atoms. The van der Waals surface area contributed by atoms with Crippen molar-refractivity contribution in [2.75, 3.05) is 16.1 Å². The molecular weight excluding hydrogens is 472 g/mol. The van der Waals surface area contributed by atoms with Gasteiger partial charge in [-0.1, -0.05) is 46.3 Å². The van der Waals surface area contributed by atoms with Gasteiger partial charge in [0.2, 0.25) is 0 Å². The lowest BCUT2D eigenvalue weighted by atomic mass is 10.2. The number of carbonyl (C=O) groups excluding carboxylic acids is 3. The second kappa shape index (κ2) is 9.07. The van der Waals surface area contributed by atoms with Gasteiger partial charge >= 0.3 is 11.8 Å². The molecule has 1 heterocycles. The average Bonchev–Trinajstić information content (AvgIpc) is 3.12. The smallest absolute Gasteiger partial charge is 0.321 e. The zero-order valence-electron chi connectivity index (χ0n) is 17.1. The first kappa shape index (κ1) is 21.3. The van der Waals surface area contributed by atoms with E-state index in [2.05, 4.69) is 32.0 Å². The van der Waals surface area contributed by atoms with E-state index in [0.717, 1.165) is 15.4 Å². The number of rotatable bonds is 4. The summed E-state index contributed by atoms with van der Waals surface area (Å²) >= 11 is 3.41. The van der Waals surface area contributed by atoms with E-state index in [4.69, 9.17) is 0 Å². The largest absolute Gasteiger partial charge is 0.328 e. The average molecular weight is 491 g/mol. The fraction of sp³-hybridized carbons (Fsp3) is 0.0417. The Kier molecular flexibility index (Phi) is 6.04. The summed E-state index contributed by atoms with van der Waals surface area (Å²) in [6.45, 7) is 1.89. The number of hydrogen-bond acceptors (Lipinski definition) is 3. The molecule has 0 radical (unpaired) electrons. The van der Waals surface area contributed by atoms with Crippen molar-refractivity contribution in [1.82, 2.24) is 4.68 Å². The van der Waals surface area contributed by atoms with E-state index >= 15 is 0 Å². The van der Waals surface area contributed by atoms with E-state index in [1.165, 1.54) is 4.68 Å². The molecule has 32 heavy (non-hydrogen) atoms. The van der Waals surface area contributed by atoms with E-state index in [9.17, 15) is 14.4 Å². The fourth-order valence-corrected chi connectivity index (χ4v) is 3.63. The molecule has 4 aromatic rings. The van der Waals surface area contributed by atoms with Crippen LogP contribution in [0.1, 0.15) is 16.1 Å². The molecule has 3 amide bonds. The van der Waals surface area contributed by atoms with Gasteiger partial charge in [0.25, 0.3) is 5.91 Å². The number of benzene rings is 3. The third-order valence-corrected chi connectivity index (χ3v) is 5.22. The van der Waals surface area contributed by atoms with Crippen molar-refractivity contribution in [3.8, 4) is 0 Å². The third kappa shape index (κ3) is 4.70. The molecule has 3 aromatic carbocycles. The molecule has 3 N–H and O–H groups in total. The lowest BCUT2D eigenvalue weighted by molar-refractivity contribution is -0.133. The number of aryl methyl sites for hydroxylation is 1. The number of nitrogens with zero attached hydrogens (tertiary/aromatic N) is 1. The molecule has 1 aromatic heterocycles. The molecule has 0 aliphatic rings. The summed E-state index contributed by atoms with van der Waals surface area (Å²) in [5.74, 6) is -2.17. The highest BCUT2D eigenvalue weighted by molar-refractivity contribution is 9.10. The minimum absolute atomic E-state index is 0.179. The number of nitrogens with one attached hydrogen (secondary N) is 3. The van der Waals surface area contributed by atoms with Crippen LogP contribution in [0.5, 0.6) is 0 Å². The van der Waals surface area contributed by atoms with E-state index in [0.29, 0.717) is 16.9 Å². The lowest BCUT2D eigenvalue weighted by Gasteiger charge is -2.13. The van der Waals surface area contributed by atoms with Gasteiger partial charge in [-0.25, -0.2) is 4.68 Å². The minimum atomic E-state index is -0.902. The van der Waals surface area contributed by atoms with Crippen LogP contribution in [0.2, 0.25) is 0 Å². The summed E-state index contributed by atoms with van der Waals surface area (Å²) in [4.78, 5) is 38.1. The number of aromatic nitrogens is 1. The topological polar surface area (TPSA) is 92.2 Å². The second-order valence-electron chi connectivity index (χ2n) is 7.15. The van der Waals surface area contributed by atoms with Crippen LogP contribution in [-0.4, -0.2) is 22.4 Å².